The highest BCUT2D eigenvalue weighted by Gasteiger charge is 2.26. The van der Waals surface area contributed by atoms with Gasteiger partial charge in [0, 0.05) is 17.2 Å². The number of anilines is 1. The van der Waals surface area contributed by atoms with Crippen molar-refractivity contribution in [1.29, 1.82) is 5.41 Å². The molecule has 1 saturated carbocycles. The number of nitrogens with two attached hydrogens (primary N) is 1. The number of hydrogen-bond donors (Lipinski definition) is 3. The zero-order valence-electron chi connectivity index (χ0n) is 14.7. The summed E-state index contributed by atoms with van der Waals surface area (Å²) in [5.74, 6) is 0.688. The second-order valence-corrected chi connectivity index (χ2v) is 6.51. The smallest absolute Gasteiger partial charge is 0.308 e. The van der Waals surface area contributed by atoms with Crippen LogP contribution in [0.5, 0.6) is 0 Å². The van der Waals surface area contributed by atoms with Gasteiger partial charge in [0.1, 0.15) is 11.7 Å². The van der Waals surface area contributed by atoms with Crippen molar-refractivity contribution in [3.8, 4) is 11.3 Å². The lowest BCUT2D eigenvalue weighted by Gasteiger charge is -2.27. The Morgan fingerprint density at radius 2 is 1.81 bits per heavy atom. The normalized spacial score (nSPS) is 19.6. The molecule has 0 radical (unpaired) electrons. The fourth-order valence-corrected chi connectivity index (χ4v) is 3.23. The molecule has 0 spiro atoms. The first-order valence-electron chi connectivity index (χ1n) is 8.69. The molecule has 1 aromatic heterocycles. The van der Waals surface area contributed by atoms with Crippen LogP contribution in [0.2, 0.25) is 0 Å². The zero-order valence-corrected chi connectivity index (χ0v) is 14.7. The second-order valence-electron chi connectivity index (χ2n) is 6.51. The predicted molar refractivity (Wildman–Crippen MR) is 99.9 cm³/mol. The molecule has 7 nitrogen and oxygen atoms in total. The number of rotatable bonds is 5. The van der Waals surface area contributed by atoms with E-state index in [9.17, 15) is 4.79 Å². The van der Waals surface area contributed by atoms with Gasteiger partial charge in [-0.3, -0.25) is 10.2 Å². The molecule has 26 heavy (non-hydrogen) atoms. The monoisotopic (exact) mass is 353 g/mol. The van der Waals surface area contributed by atoms with Crippen molar-refractivity contribution < 1.29 is 9.53 Å². The summed E-state index contributed by atoms with van der Waals surface area (Å²) in [7, 11) is 1.44. The largest absolute Gasteiger partial charge is 0.469 e. The van der Waals surface area contributed by atoms with Crippen LogP contribution in [-0.4, -0.2) is 35.2 Å². The van der Waals surface area contributed by atoms with Crippen LogP contribution in [0, 0.1) is 11.3 Å². The SMILES string of the molecule is COC(=O)C1CCC(Nc2ccc(-c3ccc(C(=N)N)cc3)nn2)CC1. The van der Waals surface area contributed by atoms with Gasteiger partial charge < -0.3 is 15.8 Å². The molecule has 1 aliphatic carbocycles. The number of esters is 1. The fraction of sp³-hybridized carbons (Fsp3) is 0.368. The Bertz CT molecular complexity index is 766. The van der Waals surface area contributed by atoms with Crippen LogP contribution >= 0.6 is 0 Å². The van der Waals surface area contributed by atoms with Crippen molar-refractivity contribution in [3.05, 3.63) is 42.0 Å². The molecular weight excluding hydrogens is 330 g/mol. The number of nitrogen functional groups attached to an aromatic ring is 1. The van der Waals surface area contributed by atoms with Crippen LogP contribution in [0.3, 0.4) is 0 Å². The highest BCUT2D eigenvalue weighted by Crippen LogP contribution is 2.27. The summed E-state index contributed by atoms with van der Waals surface area (Å²) in [6, 6.07) is 11.5. The lowest BCUT2D eigenvalue weighted by Crippen LogP contribution is -2.30. The summed E-state index contributed by atoms with van der Waals surface area (Å²) < 4.78 is 4.82. The molecule has 0 bridgehead atoms. The topological polar surface area (TPSA) is 114 Å². The Morgan fingerprint density at radius 1 is 1.12 bits per heavy atom. The Kier molecular flexibility index (Phi) is 5.46. The molecular formula is C19H23N5O2. The van der Waals surface area contributed by atoms with Crippen molar-refractivity contribution in [2.45, 2.75) is 31.7 Å². The highest BCUT2D eigenvalue weighted by molar-refractivity contribution is 5.95. The number of carbonyl (C=O) groups excluding carboxylic acids is 1. The van der Waals surface area contributed by atoms with Gasteiger partial charge in [0.05, 0.1) is 18.7 Å². The van der Waals surface area contributed by atoms with Gasteiger partial charge in [-0.1, -0.05) is 24.3 Å². The molecule has 4 N–H and O–H groups in total. The second kappa shape index (κ2) is 7.95. The summed E-state index contributed by atoms with van der Waals surface area (Å²) >= 11 is 0. The van der Waals surface area contributed by atoms with Crippen molar-refractivity contribution in [2.24, 2.45) is 11.7 Å². The van der Waals surface area contributed by atoms with Crippen LogP contribution in [0.15, 0.2) is 36.4 Å². The third-order valence-electron chi connectivity index (χ3n) is 4.77. The van der Waals surface area contributed by atoms with E-state index in [4.69, 9.17) is 15.9 Å². The van der Waals surface area contributed by atoms with E-state index >= 15 is 0 Å². The molecule has 0 atom stereocenters. The molecule has 0 amide bonds. The Balaban J connectivity index is 1.58. The average molecular weight is 353 g/mol. The maximum Gasteiger partial charge on any atom is 0.308 e. The van der Waals surface area contributed by atoms with Crippen molar-refractivity contribution in [2.75, 3.05) is 12.4 Å². The summed E-state index contributed by atoms with van der Waals surface area (Å²) in [5, 5.41) is 19.3. The standard InChI is InChI=1S/C19H23N5O2/c1-26-19(25)14-6-8-15(9-7-14)22-17-11-10-16(23-24-17)12-2-4-13(5-3-12)18(20)21/h2-5,10-11,14-15H,6-9H2,1H3,(H3,20,21)(H,22,24). The van der Waals surface area contributed by atoms with Gasteiger partial charge in [-0.15, -0.1) is 10.2 Å². The number of methoxy groups -OCH3 is 1. The van der Waals surface area contributed by atoms with Crippen molar-refractivity contribution in [1.82, 2.24) is 10.2 Å². The maximum atomic E-state index is 11.6. The number of nitrogens with zero attached hydrogens (tertiary/aromatic N) is 2. The lowest BCUT2D eigenvalue weighted by atomic mass is 9.86. The zero-order chi connectivity index (χ0) is 18.5. The minimum atomic E-state index is -0.108. The van der Waals surface area contributed by atoms with Gasteiger partial charge in [-0.2, -0.15) is 0 Å². The number of hydrogen-bond acceptors (Lipinski definition) is 6. The molecule has 1 heterocycles. The minimum Gasteiger partial charge on any atom is -0.469 e. The summed E-state index contributed by atoms with van der Waals surface area (Å²) in [6.45, 7) is 0. The third-order valence-corrected chi connectivity index (χ3v) is 4.77. The number of nitrogens with one attached hydrogen (secondary N) is 2. The lowest BCUT2D eigenvalue weighted by molar-refractivity contribution is -0.146. The number of benzene rings is 1. The van der Waals surface area contributed by atoms with Gasteiger partial charge in [-0.05, 0) is 37.8 Å². The van der Waals surface area contributed by atoms with Crippen LogP contribution in [0.1, 0.15) is 31.2 Å². The van der Waals surface area contributed by atoms with E-state index in [0.29, 0.717) is 11.6 Å². The van der Waals surface area contributed by atoms with E-state index in [2.05, 4.69) is 15.5 Å². The number of aromatic nitrogens is 2. The van der Waals surface area contributed by atoms with Gasteiger partial charge in [-0.25, -0.2) is 0 Å². The van der Waals surface area contributed by atoms with Crippen LogP contribution in [0.4, 0.5) is 5.82 Å². The van der Waals surface area contributed by atoms with Crippen LogP contribution < -0.4 is 11.1 Å². The van der Waals surface area contributed by atoms with Crippen LogP contribution in [-0.2, 0) is 9.53 Å². The maximum absolute atomic E-state index is 11.6. The molecule has 0 saturated heterocycles. The Labute approximate surface area is 152 Å². The minimum absolute atomic E-state index is 0.0180. The predicted octanol–water partition coefficient (Wildman–Crippen LogP) is 2.57. The molecule has 2 aromatic rings. The Morgan fingerprint density at radius 3 is 2.35 bits per heavy atom. The summed E-state index contributed by atoms with van der Waals surface area (Å²) in [4.78, 5) is 11.6. The third kappa shape index (κ3) is 4.17. The molecule has 1 aromatic carbocycles. The molecule has 7 heteroatoms. The highest BCUT2D eigenvalue weighted by atomic mass is 16.5. The first kappa shape index (κ1) is 17.8. The van der Waals surface area contributed by atoms with Crippen LogP contribution in [0.25, 0.3) is 11.3 Å². The molecule has 1 fully saturated rings. The molecule has 1 aliphatic rings. The van der Waals surface area contributed by atoms with Crippen molar-refractivity contribution >= 4 is 17.6 Å². The van der Waals surface area contributed by atoms with Gasteiger partial charge in [0.25, 0.3) is 0 Å². The van der Waals surface area contributed by atoms with E-state index in [1.807, 2.05) is 24.3 Å². The molecule has 0 aliphatic heterocycles. The van der Waals surface area contributed by atoms with E-state index in [0.717, 1.165) is 42.8 Å². The van der Waals surface area contributed by atoms with Gasteiger partial charge in [0.15, 0.2) is 0 Å². The number of carbonyl (C=O) groups is 1. The molecule has 136 valence electrons. The molecule has 3 rings (SSSR count). The van der Waals surface area contributed by atoms with E-state index < -0.39 is 0 Å². The summed E-state index contributed by atoms with van der Waals surface area (Å²) in [6.07, 6.45) is 3.49. The fourth-order valence-electron chi connectivity index (χ4n) is 3.23. The molecule has 0 unspecified atom stereocenters. The quantitative estimate of drug-likeness (QED) is 0.432. The average Bonchev–Trinajstić information content (AvgIpc) is 2.68. The van der Waals surface area contributed by atoms with Crippen molar-refractivity contribution in [3.63, 3.8) is 0 Å². The first-order valence-corrected chi connectivity index (χ1v) is 8.69. The first-order chi connectivity index (χ1) is 12.6. The number of amidine groups is 1. The van der Waals surface area contributed by atoms with E-state index in [1.54, 1.807) is 12.1 Å². The Hall–Kier alpha value is -2.96. The van der Waals surface area contributed by atoms with E-state index in [1.165, 1.54) is 7.11 Å². The van der Waals surface area contributed by atoms with Gasteiger partial charge in [0.2, 0.25) is 0 Å². The van der Waals surface area contributed by atoms with Gasteiger partial charge >= 0.3 is 5.97 Å². The number of ether oxygens (including phenoxy) is 1. The summed E-state index contributed by atoms with van der Waals surface area (Å²) in [5.41, 5.74) is 7.84. The van der Waals surface area contributed by atoms with E-state index in [-0.39, 0.29) is 17.7 Å².